The fourth-order valence-corrected chi connectivity index (χ4v) is 1.11. The number of piperidine rings is 1. The van der Waals surface area contributed by atoms with Crippen LogP contribution in [-0.2, 0) is 4.79 Å². The Labute approximate surface area is 85.2 Å². The summed E-state index contributed by atoms with van der Waals surface area (Å²) in [5.41, 5.74) is -5.89. The molecule has 0 aromatic rings. The van der Waals surface area contributed by atoms with Gasteiger partial charge >= 0.3 is 0 Å². The van der Waals surface area contributed by atoms with Crippen molar-refractivity contribution in [3.05, 3.63) is 0 Å². The van der Waals surface area contributed by atoms with Gasteiger partial charge in [0.05, 0.1) is 0 Å². The molecule has 0 aromatic carbocycles. The number of rotatable bonds is 0. The summed E-state index contributed by atoms with van der Waals surface area (Å²) >= 11 is 0. The molecule has 11 heavy (non-hydrogen) atoms. The molecule has 2 heteroatoms. The lowest BCUT2D eigenvalue weighted by molar-refractivity contribution is -0.124. The Morgan fingerprint density at radius 2 is 1.73 bits per heavy atom. The number of Topliss-reactive ketones (excluding diaryl/α,β-unsaturated/α-hetero) is 1. The molecule has 0 atom stereocenters. The average molecular weight is 167 g/mol. The van der Waals surface area contributed by atoms with E-state index in [0.717, 1.165) is 0 Å². The third-order valence-electron chi connectivity index (χ3n) is 1.35. The van der Waals surface area contributed by atoms with Crippen molar-refractivity contribution in [1.29, 1.82) is 0 Å². The van der Waals surface area contributed by atoms with E-state index in [1.807, 2.05) is 5.32 Å². The zero-order chi connectivity index (χ0) is 18.7. The minimum atomic E-state index is -3.32. The predicted octanol–water partition coefficient (Wildman–Crippen LogP) is 1.50. The van der Waals surface area contributed by atoms with Crippen molar-refractivity contribution in [3.8, 4) is 0 Å². The van der Waals surface area contributed by atoms with Crippen LogP contribution in [0.3, 0.4) is 0 Å². The van der Waals surface area contributed by atoms with Crippen LogP contribution in [0.15, 0.2) is 0 Å². The van der Waals surface area contributed by atoms with Crippen LogP contribution in [0.5, 0.6) is 0 Å². The van der Waals surface area contributed by atoms with Gasteiger partial charge in [-0.05, 0) is 27.4 Å². The van der Waals surface area contributed by atoms with E-state index in [1.54, 1.807) is 0 Å². The van der Waals surface area contributed by atoms with Crippen molar-refractivity contribution in [2.24, 2.45) is 0 Å². The summed E-state index contributed by atoms with van der Waals surface area (Å²) in [6.07, 6.45) is -2.01. The van der Waals surface area contributed by atoms with Gasteiger partial charge in [-0.2, -0.15) is 0 Å². The summed E-state index contributed by atoms with van der Waals surface area (Å²) in [7, 11) is 0. The Morgan fingerprint density at radius 1 is 1.27 bits per heavy atom. The van der Waals surface area contributed by atoms with Crippen LogP contribution in [0.4, 0.5) is 0 Å². The maximum Gasteiger partial charge on any atom is 0.136 e. The lowest BCUT2D eigenvalue weighted by Crippen LogP contribution is -2.58. The van der Waals surface area contributed by atoms with Gasteiger partial charge in [-0.15, -0.1) is 0 Å². The molecule has 64 valence electrons. The molecule has 1 rings (SSSR count). The van der Waals surface area contributed by atoms with E-state index in [2.05, 4.69) is 0 Å². The van der Waals surface area contributed by atoms with Gasteiger partial charge in [-0.3, -0.25) is 4.79 Å². The van der Waals surface area contributed by atoms with Gasteiger partial charge in [0.25, 0.3) is 0 Å². The highest BCUT2D eigenvalue weighted by atomic mass is 16.1. The van der Waals surface area contributed by atoms with Crippen molar-refractivity contribution < 1.29 is 21.2 Å². The zero-order valence-electron chi connectivity index (χ0n) is 17.8. The van der Waals surface area contributed by atoms with Gasteiger partial charge in [-0.25, -0.2) is 0 Å². The number of carbonyl (C=O) groups excluding carboxylic acids is 1. The van der Waals surface area contributed by atoms with Gasteiger partial charge < -0.3 is 5.32 Å². The highest BCUT2D eigenvalue weighted by Gasteiger charge is 2.36. The van der Waals surface area contributed by atoms with E-state index in [9.17, 15) is 4.79 Å². The van der Waals surface area contributed by atoms with Crippen LogP contribution in [-0.4, -0.2) is 16.9 Å². The molecule has 0 amide bonds. The van der Waals surface area contributed by atoms with Gasteiger partial charge in [0.2, 0.25) is 0 Å². The molecule has 0 radical (unpaired) electrons. The van der Waals surface area contributed by atoms with E-state index >= 15 is 0 Å². The summed E-state index contributed by atoms with van der Waals surface area (Å²) in [5, 5.41) is 1.90. The molecule has 1 aliphatic heterocycles. The minimum Gasteiger partial charge on any atom is -0.306 e. The topological polar surface area (TPSA) is 29.1 Å². The number of hydrogen-bond donors (Lipinski definition) is 1. The molecule has 0 aromatic heterocycles. The molecule has 1 aliphatic rings. The first-order valence-electron chi connectivity index (χ1n) is 9.12. The van der Waals surface area contributed by atoms with Crippen LogP contribution in [0, 0.1) is 0 Å². The summed E-state index contributed by atoms with van der Waals surface area (Å²) in [6.45, 7) is -13.3. The summed E-state index contributed by atoms with van der Waals surface area (Å²) in [6, 6.07) is 0. The van der Waals surface area contributed by atoms with Gasteiger partial charge in [0.15, 0.2) is 0 Å². The van der Waals surface area contributed by atoms with Crippen LogP contribution >= 0.6 is 0 Å². The van der Waals surface area contributed by atoms with Crippen molar-refractivity contribution in [2.45, 2.75) is 51.3 Å². The summed E-state index contributed by atoms with van der Waals surface area (Å²) in [5.74, 6) is -1.04. The van der Waals surface area contributed by atoms with Crippen LogP contribution in [0.2, 0.25) is 0 Å². The molecule has 1 saturated heterocycles. The Hall–Kier alpha value is -0.370. The van der Waals surface area contributed by atoms with E-state index in [1.165, 1.54) is 0 Å². The fraction of sp³-hybridized carbons (Fsp3) is 0.889. The number of nitrogens with one attached hydrogen (secondary N) is 1. The lowest BCUT2D eigenvalue weighted by atomic mass is 9.82. The number of ketones is 1. The fourth-order valence-electron chi connectivity index (χ4n) is 1.11. The minimum absolute atomic E-state index is 1.01. The monoisotopic (exact) mass is 167 g/mol. The summed E-state index contributed by atoms with van der Waals surface area (Å²) < 4.78 is 90.0. The van der Waals surface area contributed by atoms with E-state index in [-0.39, 0.29) is 0 Å². The largest absolute Gasteiger partial charge is 0.306 e. The van der Waals surface area contributed by atoms with E-state index in [0.29, 0.717) is 0 Å². The maximum absolute atomic E-state index is 12.0. The quantitative estimate of drug-likeness (QED) is 0.592. The first-order valence-corrected chi connectivity index (χ1v) is 3.12. The Kier molecular flexibility index (Phi) is 0.404. The second-order valence-corrected chi connectivity index (χ2v) is 2.83. The van der Waals surface area contributed by atoms with Gasteiger partial charge in [0, 0.05) is 40.4 Å². The van der Waals surface area contributed by atoms with E-state index in [4.69, 9.17) is 16.4 Å². The first-order chi connectivity index (χ1) is 9.81. The van der Waals surface area contributed by atoms with Gasteiger partial charge in [-0.1, -0.05) is 0 Å². The highest BCUT2D eigenvalue weighted by molar-refractivity contribution is 5.81. The standard InChI is InChI=1S/C9H17NO/c1-8(2)5-7(11)6-9(3,4)10-8/h10H,5-6H2,1-4H3/i1D3,2D3,3D3,4D3. The molecule has 1 fully saturated rings. The van der Waals surface area contributed by atoms with Crippen molar-refractivity contribution in [3.63, 3.8) is 0 Å². The normalized spacial score (nSPS) is 49.3. The van der Waals surface area contributed by atoms with Crippen molar-refractivity contribution >= 4 is 5.78 Å². The Balaban J connectivity index is 3.71. The van der Waals surface area contributed by atoms with Crippen LogP contribution in [0.1, 0.15) is 56.7 Å². The molecule has 0 spiro atoms. The summed E-state index contributed by atoms with van der Waals surface area (Å²) in [4.78, 5) is 12.0. The third kappa shape index (κ3) is 2.29. The molecule has 2 nitrogen and oxygen atoms in total. The van der Waals surface area contributed by atoms with Crippen molar-refractivity contribution in [2.75, 3.05) is 0 Å². The molecule has 1 heterocycles. The number of carbonyl (C=O) groups is 1. The molecule has 0 saturated carbocycles. The highest BCUT2D eigenvalue weighted by Crippen LogP contribution is 2.25. The lowest BCUT2D eigenvalue weighted by Gasteiger charge is -2.41. The zero-order valence-corrected chi connectivity index (χ0v) is 5.82. The molecule has 0 aliphatic carbocycles. The maximum atomic E-state index is 12.0. The van der Waals surface area contributed by atoms with Crippen molar-refractivity contribution in [1.82, 2.24) is 5.32 Å². The van der Waals surface area contributed by atoms with Gasteiger partial charge in [0.1, 0.15) is 5.78 Å². The average Bonchev–Trinajstić information content (AvgIpc) is 2.21. The Bertz CT molecular complexity index is 411. The SMILES string of the molecule is [2H]C([2H])([2H])C1(C([2H])([2H])[2H])CC(=O)CC(C([2H])([2H])[2H])(C([2H])([2H])[2H])N1. The third-order valence-corrected chi connectivity index (χ3v) is 1.35. The molecular weight excluding hydrogens is 138 g/mol. The number of hydrogen-bond acceptors (Lipinski definition) is 2. The second-order valence-electron chi connectivity index (χ2n) is 2.83. The first kappa shape index (κ1) is 1.92. The van der Waals surface area contributed by atoms with Crippen LogP contribution < -0.4 is 5.32 Å². The van der Waals surface area contributed by atoms with E-state index < -0.39 is 57.1 Å². The molecule has 0 unspecified atom stereocenters. The molecule has 1 N–H and O–H groups in total. The predicted molar refractivity (Wildman–Crippen MR) is 45.5 cm³/mol. The molecular formula is C9H17NO. The smallest absolute Gasteiger partial charge is 0.136 e. The second kappa shape index (κ2) is 2.31. The molecule has 0 bridgehead atoms. The Morgan fingerprint density at radius 3 is 2.09 bits per heavy atom. The van der Waals surface area contributed by atoms with Crippen LogP contribution in [0.25, 0.3) is 0 Å².